The first kappa shape index (κ1) is 32.8. The Morgan fingerprint density at radius 1 is 0.878 bits per heavy atom. The molecule has 49 heavy (non-hydrogen) atoms. The Hall–Kier alpha value is -4.78. The number of nitrogens with one attached hydrogen (secondary N) is 1. The maximum absolute atomic E-state index is 14.5. The second-order valence-corrected chi connectivity index (χ2v) is 12.7. The third-order valence-corrected chi connectivity index (χ3v) is 9.54. The lowest BCUT2D eigenvalue weighted by Crippen LogP contribution is -2.44. The lowest BCUT2D eigenvalue weighted by Gasteiger charge is -2.30. The average molecular weight is 672 g/mol. The number of aromatic hydroxyl groups is 1. The van der Waals surface area contributed by atoms with Crippen LogP contribution in [0.1, 0.15) is 42.9 Å². The third-order valence-electron chi connectivity index (χ3n) is 9.54. The van der Waals surface area contributed by atoms with E-state index in [1.165, 1.54) is 15.2 Å². The number of phenolic OH excluding ortho intramolecular Hbond substituents is 1. The molecule has 0 bridgehead atoms. The van der Waals surface area contributed by atoms with Crippen LogP contribution in [0.25, 0.3) is 27.8 Å². The molecular formula is C37H36F3N5O4. The van der Waals surface area contributed by atoms with Crippen LogP contribution in [0.3, 0.4) is 0 Å². The summed E-state index contributed by atoms with van der Waals surface area (Å²) in [4.78, 5) is 34.6. The van der Waals surface area contributed by atoms with Gasteiger partial charge >= 0.3 is 5.69 Å². The van der Waals surface area contributed by atoms with Gasteiger partial charge < -0.3 is 15.2 Å². The van der Waals surface area contributed by atoms with Gasteiger partial charge in [-0.05, 0) is 90.9 Å². The fourth-order valence-corrected chi connectivity index (χ4v) is 7.01. The molecule has 1 saturated carbocycles. The van der Waals surface area contributed by atoms with E-state index in [0.29, 0.717) is 51.1 Å². The number of fused-ring (bicyclic) bond motifs is 1. The Balaban J connectivity index is 1.22. The Morgan fingerprint density at radius 2 is 1.67 bits per heavy atom. The summed E-state index contributed by atoms with van der Waals surface area (Å²) in [5, 5.41) is 13.6. The summed E-state index contributed by atoms with van der Waals surface area (Å²) in [5.74, 6) is -1.55. The smallest absolute Gasteiger partial charge is 0.337 e. The molecule has 2 aromatic heterocycles. The van der Waals surface area contributed by atoms with Crippen LogP contribution in [-0.4, -0.2) is 56.5 Å². The molecule has 5 aromatic rings. The molecule has 0 atom stereocenters. The molecule has 2 fully saturated rings. The summed E-state index contributed by atoms with van der Waals surface area (Å²) in [5.41, 5.74) is 2.13. The highest BCUT2D eigenvalue weighted by Gasteiger charge is 2.27. The number of nitrogens with zero attached hydrogens (tertiary/aromatic N) is 4. The van der Waals surface area contributed by atoms with Crippen LogP contribution in [0, 0.1) is 17.5 Å². The summed E-state index contributed by atoms with van der Waals surface area (Å²) in [6.07, 6.45) is 3.13. The predicted molar refractivity (Wildman–Crippen MR) is 179 cm³/mol. The molecule has 9 nitrogen and oxygen atoms in total. The van der Waals surface area contributed by atoms with Crippen LogP contribution in [0.15, 0.2) is 82.5 Å². The number of halogens is 3. The fourth-order valence-electron chi connectivity index (χ4n) is 7.01. The van der Waals surface area contributed by atoms with E-state index >= 15 is 0 Å². The van der Waals surface area contributed by atoms with Gasteiger partial charge in [-0.25, -0.2) is 27.5 Å². The van der Waals surface area contributed by atoms with Gasteiger partial charge in [-0.2, -0.15) is 0 Å². The lowest BCUT2D eigenvalue weighted by atomic mass is 9.90. The molecule has 0 radical (unpaired) electrons. The number of pyridine rings is 1. The molecule has 0 spiro atoms. The Bertz CT molecular complexity index is 2120. The standard InChI is InChI=1S/C37H36F3N5O4/c38-26-4-11-34(40)24(16-26)20-41-28-5-7-29(8-6-28)45-36(47)33-19-27(39)21-42-35(33)44(37(45)48)30-3-1-2-23(17-30)32-10-9-31(46)18-25(32)22-43-12-14-49-15-13-43/h1-4,9-11,16-19,21,28-29,41,46H,5-8,12-15,20,22H2/t28-,29+. The third kappa shape index (κ3) is 6.89. The second-order valence-electron chi connectivity index (χ2n) is 12.7. The minimum atomic E-state index is -0.690. The number of morpholine rings is 1. The second kappa shape index (κ2) is 14.0. The van der Waals surface area contributed by atoms with Crippen molar-refractivity contribution < 1.29 is 23.0 Å². The van der Waals surface area contributed by atoms with Crippen LogP contribution >= 0.6 is 0 Å². The normalized spacial score (nSPS) is 18.6. The first-order valence-electron chi connectivity index (χ1n) is 16.5. The average Bonchev–Trinajstić information content (AvgIpc) is 3.10. The number of rotatable bonds is 8. The van der Waals surface area contributed by atoms with Crippen molar-refractivity contribution in [1.82, 2.24) is 24.3 Å². The molecule has 7 rings (SSSR count). The van der Waals surface area contributed by atoms with Gasteiger partial charge in [0.1, 0.15) is 23.2 Å². The number of benzene rings is 3. The van der Waals surface area contributed by atoms with Gasteiger partial charge in [0.2, 0.25) is 0 Å². The molecule has 3 heterocycles. The Labute approximate surface area is 280 Å². The Morgan fingerprint density at radius 3 is 2.47 bits per heavy atom. The van der Waals surface area contributed by atoms with Crippen molar-refractivity contribution in [1.29, 1.82) is 0 Å². The van der Waals surface area contributed by atoms with Gasteiger partial charge in [-0.15, -0.1) is 0 Å². The highest BCUT2D eigenvalue weighted by Crippen LogP contribution is 2.31. The first-order chi connectivity index (χ1) is 23.7. The summed E-state index contributed by atoms with van der Waals surface area (Å²) in [7, 11) is 0. The van der Waals surface area contributed by atoms with Crippen LogP contribution in [0.4, 0.5) is 13.2 Å². The van der Waals surface area contributed by atoms with E-state index in [4.69, 9.17) is 4.74 Å². The van der Waals surface area contributed by atoms with Crippen molar-refractivity contribution in [2.45, 2.75) is 50.9 Å². The molecule has 2 N–H and O–H groups in total. The lowest BCUT2D eigenvalue weighted by molar-refractivity contribution is 0.0342. The number of phenols is 1. The zero-order valence-electron chi connectivity index (χ0n) is 26.7. The number of hydrogen-bond donors (Lipinski definition) is 2. The van der Waals surface area contributed by atoms with E-state index in [1.807, 2.05) is 24.3 Å². The van der Waals surface area contributed by atoms with E-state index in [2.05, 4.69) is 15.2 Å². The molecule has 3 aromatic carbocycles. The van der Waals surface area contributed by atoms with E-state index in [9.17, 15) is 27.9 Å². The highest BCUT2D eigenvalue weighted by molar-refractivity contribution is 5.77. The van der Waals surface area contributed by atoms with Crippen molar-refractivity contribution in [3.8, 4) is 22.6 Å². The number of aromatic nitrogens is 3. The summed E-state index contributed by atoms with van der Waals surface area (Å²) in [6.45, 7) is 3.55. The highest BCUT2D eigenvalue weighted by atomic mass is 19.1. The van der Waals surface area contributed by atoms with Gasteiger partial charge in [0, 0.05) is 43.8 Å². The molecule has 1 aliphatic heterocycles. The van der Waals surface area contributed by atoms with Crippen molar-refractivity contribution in [3.63, 3.8) is 0 Å². The van der Waals surface area contributed by atoms with Crippen LogP contribution < -0.4 is 16.6 Å². The molecule has 2 aliphatic rings. The maximum Gasteiger partial charge on any atom is 0.337 e. The summed E-state index contributed by atoms with van der Waals surface area (Å²) >= 11 is 0. The zero-order chi connectivity index (χ0) is 34.1. The van der Waals surface area contributed by atoms with Crippen LogP contribution in [-0.2, 0) is 17.8 Å². The quantitative estimate of drug-likeness (QED) is 0.227. The molecule has 1 aliphatic carbocycles. The monoisotopic (exact) mass is 671 g/mol. The van der Waals surface area contributed by atoms with Crippen LogP contribution in [0.5, 0.6) is 5.75 Å². The molecule has 1 saturated heterocycles. The first-order valence-corrected chi connectivity index (χ1v) is 16.5. The molecule has 0 amide bonds. The number of ether oxygens (including phenoxy) is 1. The fraction of sp³-hybridized carbons (Fsp3) is 0.324. The molecular weight excluding hydrogens is 635 g/mol. The Kier molecular flexibility index (Phi) is 9.35. The van der Waals surface area contributed by atoms with Gasteiger partial charge in [-0.3, -0.25) is 14.3 Å². The van der Waals surface area contributed by atoms with E-state index in [1.54, 1.807) is 18.2 Å². The van der Waals surface area contributed by atoms with E-state index in [0.717, 1.165) is 54.2 Å². The van der Waals surface area contributed by atoms with Gasteiger partial charge in [-0.1, -0.05) is 18.2 Å². The van der Waals surface area contributed by atoms with Crippen molar-refractivity contribution >= 4 is 11.0 Å². The minimum absolute atomic E-state index is 0.00975. The maximum atomic E-state index is 14.5. The van der Waals surface area contributed by atoms with Gasteiger partial charge in [0.25, 0.3) is 5.56 Å². The molecule has 0 unspecified atom stereocenters. The van der Waals surface area contributed by atoms with Crippen molar-refractivity contribution in [2.75, 3.05) is 26.3 Å². The molecule has 12 heteroatoms. The summed E-state index contributed by atoms with van der Waals surface area (Å²) < 4.78 is 50.4. The molecule has 254 valence electrons. The minimum Gasteiger partial charge on any atom is -0.508 e. The SMILES string of the molecule is O=c1c2cc(F)cnc2n(-c2cccc(-c3ccc(O)cc3CN3CCOCC3)c2)c(=O)n1[C@H]1CC[C@@H](NCc2cc(F)ccc2F)CC1. The number of hydrogen-bond acceptors (Lipinski definition) is 7. The largest absolute Gasteiger partial charge is 0.508 e. The predicted octanol–water partition coefficient (Wildman–Crippen LogP) is 5.44. The van der Waals surface area contributed by atoms with E-state index in [-0.39, 0.29) is 34.9 Å². The van der Waals surface area contributed by atoms with Crippen molar-refractivity contribution in [3.05, 3.63) is 122 Å². The summed E-state index contributed by atoms with van der Waals surface area (Å²) in [6, 6.07) is 16.5. The van der Waals surface area contributed by atoms with Gasteiger partial charge in [0.15, 0.2) is 5.65 Å². The topological polar surface area (TPSA) is 102 Å². The van der Waals surface area contributed by atoms with Crippen molar-refractivity contribution in [2.24, 2.45) is 0 Å². The van der Waals surface area contributed by atoms with E-state index < -0.39 is 34.7 Å². The van der Waals surface area contributed by atoms with Crippen LogP contribution in [0.2, 0.25) is 0 Å². The zero-order valence-corrected chi connectivity index (χ0v) is 26.7. The van der Waals surface area contributed by atoms with Gasteiger partial charge in [0.05, 0.1) is 30.5 Å².